The van der Waals surface area contributed by atoms with Crippen molar-refractivity contribution in [3.8, 4) is 5.75 Å². The fourth-order valence-corrected chi connectivity index (χ4v) is 1.60. The van der Waals surface area contributed by atoms with Crippen LogP contribution in [0.5, 0.6) is 5.75 Å². The molecule has 1 heterocycles. The van der Waals surface area contributed by atoms with E-state index in [4.69, 9.17) is 4.74 Å². The molecule has 0 unspecified atom stereocenters. The summed E-state index contributed by atoms with van der Waals surface area (Å²) < 4.78 is 5.47. The number of amides is 1. The van der Waals surface area contributed by atoms with Crippen molar-refractivity contribution in [2.75, 3.05) is 6.61 Å². The molecular formula is C15H15N3O2. The van der Waals surface area contributed by atoms with Crippen LogP contribution < -0.4 is 10.2 Å². The molecule has 5 nitrogen and oxygen atoms in total. The molecule has 1 amide bonds. The summed E-state index contributed by atoms with van der Waals surface area (Å²) in [5.41, 5.74) is 3.72. The van der Waals surface area contributed by atoms with Gasteiger partial charge in [0.25, 0.3) is 5.91 Å². The third kappa shape index (κ3) is 3.65. The molecule has 0 aliphatic carbocycles. The van der Waals surface area contributed by atoms with E-state index in [9.17, 15) is 4.79 Å². The number of para-hydroxylation sites is 1. The lowest BCUT2D eigenvalue weighted by atomic mass is 10.2. The molecule has 0 bridgehead atoms. The van der Waals surface area contributed by atoms with E-state index < -0.39 is 0 Å². The summed E-state index contributed by atoms with van der Waals surface area (Å²) in [6.45, 7) is 2.49. The quantitative estimate of drug-likeness (QED) is 0.669. The highest BCUT2D eigenvalue weighted by molar-refractivity contribution is 5.94. The maximum Gasteiger partial charge on any atom is 0.272 e. The van der Waals surface area contributed by atoms with Crippen LogP contribution in [0.15, 0.2) is 53.9 Å². The van der Waals surface area contributed by atoms with Gasteiger partial charge in [0, 0.05) is 18.0 Å². The Kier molecular flexibility index (Phi) is 4.83. The van der Waals surface area contributed by atoms with Gasteiger partial charge in [-0.05, 0) is 31.2 Å². The van der Waals surface area contributed by atoms with Gasteiger partial charge < -0.3 is 4.74 Å². The number of aromatic nitrogens is 1. The number of hydrazone groups is 1. The SMILES string of the molecule is CCOc1ccccc1C=NNC(=O)c1cccnc1. The van der Waals surface area contributed by atoms with Crippen LogP contribution in [-0.4, -0.2) is 23.7 Å². The highest BCUT2D eigenvalue weighted by Gasteiger charge is 2.03. The van der Waals surface area contributed by atoms with E-state index in [1.165, 1.54) is 6.20 Å². The van der Waals surface area contributed by atoms with Crippen LogP contribution in [0.3, 0.4) is 0 Å². The molecule has 1 N–H and O–H groups in total. The molecule has 0 atom stereocenters. The molecule has 0 radical (unpaired) electrons. The van der Waals surface area contributed by atoms with Crippen molar-refractivity contribution in [2.45, 2.75) is 6.92 Å². The third-order valence-electron chi connectivity index (χ3n) is 2.51. The number of nitrogens with zero attached hydrogens (tertiary/aromatic N) is 2. The van der Waals surface area contributed by atoms with Crippen molar-refractivity contribution >= 4 is 12.1 Å². The highest BCUT2D eigenvalue weighted by atomic mass is 16.5. The van der Waals surface area contributed by atoms with Crippen molar-refractivity contribution in [1.29, 1.82) is 0 Å². The maximum atomic E-state index is 11.7. The van der Waals surface area contributed by atoms with Gasteiger partial charge in [-0.3, -0.25) is 9.78 Å². The van der Waals surface area contributed by atoms with Gasteiger partial charge in [-0.15, -0.1) is 0 Å². The molecule has 0 spiro atoms. The topological polar surface area (TPSA) is 63.6 Å². The average molecular weight is 269 g/mol. The first kappa shape index (κ1) is 13.7. The van der Waals surface area contributed by atoms with Crippen LogP contribution in [0.2, 0.25) is 0 Å². The van der Waals surface area contributed by atoms with Crippen molar-refractivity contribution in [3.63, 3.8) is 0 Å². The second kappa shape index (κ2) is 7.04. The smallest absolute Gasteiger partial charge is 0.272 e. The number of pyridine rings is 1. The van der Waals surface area contributed by atoms with Crippen LogP contribution in [0.25, 0.3) is 0 Å². The Labute approximate surface area is 117 Å². The standard InChI is InChI=1S/C15H15N3O2/c1-2-20-14-8-4-3-6-12(14)11-17-18-15(19)13-7-5-9-16-10-13/h3-11H,2H2,1H3,(H,18,19). The normalized spacial score (nSPS) is 10.4. The van der Waals surface area contributed by atoms with Gasteiger partial charge in [0.2, 0.25) is 0 Å². The molecule has 0 aliphatic heterocycles. The zero-order chi connectivity index (χ0) is 14.2. The van der Waals surface area contributed by atoms with Gasteiger partial charge in [-0.2, -0.15) is 5.10 Å². The van der Waals surface area contributed by atoms with Crippen LogP contribution in [0.4, 0.5) is 0 Å². The molecule has 5 heteroatoms. The summed E-state index contributed by atoms with van der Waals surface area (Å²) in [7, 11) is 0. The van der Waals surface area contributed by atoms with Crippen LogP contribution in [0, 0.1) is 0 Å². The lowest BCUT2D eigenvalue weighted by Gasteiger charge is -2.05. The second-order valence-electron chi connectivity index (χ2n) is 3.91. The minimum atomic E-state index is -0.303. The molecule has 0 saturated heterocycles. The fourth-order valence-electron chi connectivity index (χ4n) is 1.60. The van der Waals surface area contributed by atoms with Crippen molar-refractivity contribution in [1.82, 2.24) is 10.4 Å². The molecule has 1 aromatic carbocycles. The Morgan fingerprint density at radius 2 is 2.20 bits per heavy atom. The number of hydrogen-bond donors (Lipinski definition) is 1. The van der Waals surface area contributed by atoms with Crippen molar-refractivity contribution in [2.24, 2.45) is 5.10 Å². The van der Waals surface area contributed by atoms with Gasteiger partial charge in [-0.1, -0.05) is 12.1 Å². The van der Waals surface area contributed by atoms with Gasteiger partial charge in [-0.25, -0.2) is 5.43 Å². The Bertz CT molecular complexity index is 597. The van der Waals surface area contributed by atoms with Crippen LogP contribution >= 0.6 is 0 Å². The van der Waals surface area contributed by atoms with Gasteiger partial charge in [0.05, 0.1) is 18.4 Å². The number of benzene rings is 1. The largest absolute Gasteiger partial charge is 0.493 e. The Balaban J connectivity index is 2.02. The Hall–Kier alpha value is -2.69. The summed E-state index contributed by atoms with van der Waals surface area (Å²) in [6.07, 6.45) is 4.65. The Morgan fingerprint density at radius 1 is 1.35 bits per heavy atom. The van der Waals surface area contributed by atoms with E-state index in [1.807, 2.05) is 31.2 Å². The first-order valence-corrected chi connectivity index (χ1v) is 6.26. The van der Waals surface area contributed by atoms with Crippen LogP contribution in [0.1, 0.15) is 22.8 Å². The van der Waals surface area contributed by atoms with Gasteiger partial charge in [0.1, 0.15) is 5.75 Å². The first-order valence-electron chi connectivity index (χ1n) is 6.26. The third-order valence-corrected chi connectivity index (χ3v) is 2.51. The minimum absolute atomic E-state index is 0.303. The second-order valence-corrected chi connectivity index (χ2v) is 3.91. The number of ether oxygens (including phenoxy) is 1. The number of rotatable bonds is 5. The van der Waals surface area contributed by atoms with Crippen molar-refractivity contribution < 1.29 is 9.53 Å². The van der Waals surface area contributed by atoms with E-state index in [2.05, 4.69) is 15.5 Å². The van der Waals surface area contributed by atoms with E-state index in [0.29, 0.717) is 12.2 Å². The summed E-state index contributed by atoms with van der Waals surface area (Å²) in [5.74, 6) is 0.428. The fraction of sp³-hybridized carbons (Fsp3) is 0.133. The first-order chi connectivity index (χ1) is 9.81. The summed E-state index contributed by atoms with van der Waals surface area (Å²) in [6, 6.07) is 10.9. The predicted octanol–water partition coefficient (Wildman–Crippen LogP) is 2.24. The molecule has 1 aromatic heterocycles. The van der Waals surface area contributed by atoms with E-state index in [1.54, 1.807) is 24.5 Å². The monoisotopic (exact) mass is 269 g/mol. The summed E-state index contributed by atoms with van der Waals surface area (Å²) >= 11 is 0. The minimum Gasteiger partial charge on any atom is -0.493 e. The zero-order valence-electron chi connectivity index (χ0n) is 11.1. The molecule has 0 aliphatic rings. The number of hydrogen-bond acceptors (Lipinski definition) is 4. The van der Waals surface area contributed by atoms with Gasteiger partial charge in [0.15, 0.2) is 0 Å². The molecule has 0 fully saturated rings. The van der Waals surface area contributed by atoms with E-state index >= 15 is 0 Å². The maximum absolute atomic E-state index is 11.7. The lowest BCUT2D eigenvalue weighted by molar-refractivity contribution is 0.0954. The molecule has 0 saturated carbocycles. The summed E-state index contributed by atoms with van der Waals surface area (Å²) in [5, 5.41) is 3.93. The predicted molar refractivity (Wildman–Crippen MR) is 76.9 cm³/mol. The van der Waals surface area contributed by atoms with E-state index in [0.717, 1.165) is 11.3 Å². The molecule has 2 rings (SSSR count). The zero-order valence-corrected chi connectivity index (χ0v) is 11.1. The molecule has 20 heavy (non-hydrogen) atoms. The Morgan fingerprint density at radius 3 is 2.95 bits per heavy atom. The van der Waals surface area contributed by atoms with E-state index in [-0.39, 0.29) is 5.91 Å². The van der Waals surface area contributed by atoms with Crippen molar-refractivity contribution in [3.05, 3.63) is 59.9 Å². The lowest BCUT2D eigenvalue weighted by Crippen LogP contribution is -2.17. The van der Waals surface area contributed by atoms with Gasteiger partial charge >= 0.3 is 0 Å². The number of carbonyl (C=O) groups is 1. The average Bonchev–Trinajstić information content (AvgIpc) is 2.50. The number of nitrogens with one attached hydrogen (secondary N) is 1. The molecule has 2 aromatic rings. The summed E-state index contributed by atoms with van der Waals surface area (Å²) in [4.78, 5) is 15.6. The van der Waals surface area contributed by atoms with Crippen LogP contribution in [-0.2, 0) is 0 Å². The number of carbonyl (C=O) groups excluding carboxylic acids is 1. The molecular weight excluding hydrogens is 254 g/mol. The highest BCUT2D eigenvalue weighted by Crippen LogP contribution is 2.15. The molecule has 102 valence electrons.